The molecule has 7 heteroatoms. The van der Waals surface area contributed by atoms with Gasteiger partial charge < -0.3 is 10.3 Å². The first kappa shape index (κ1) is 15.9. The maximum atomic E-state index is 12.3. The van der Waals surface area contributed by atoms with Crippen LogP contribution in [-0.4, -0.2) is 30.5 Å². The van der Waals surface area contributed by atoms with E-state index in [-0.39, 0.29) is 4.75 Å². The van der Waals surface area contributed by atoms with Crippen molar-refractivity contribution in [1.82, 2.24) is 9.29 Å². The van der Waals surface area contributed by atoms with Crippen molar-refractivity contribution in [3.05, 3.63) is 18.0 Å². The summed E-state index contributed by atoms with van der Waals surface area (Å²) in [7, 11) is -3.43. The van der Waals surface area contributed by atoms with Crippen LogP contribution in [0.4, 0.5) is 0 Å². The average molecular weight is 317 g/mol. The van der Waals surface area contributed by atoms with Crippen molar-refractivity contribution in [2.75, 3.05) is 12.8 Å². The van der Waals surface area contributed by atoms with Crippen LogP contribution >= 0.6 is 11.8 Å². The summed E-state index contributed by atoms with van der Waals surface area (Å²) in [6.45, 7) is 3.70. The number of nitrogens with one attached hydrogen (secondary N) is 1. The summed E-state index contributed by atoms with van der Waals surface area (Å²) in [5.41, 5.74) is 6.53. The molecule has 0 radical (unpaired) electrons. The Morgan fingerprint density at radius 3 is 2.70 bits per heavy atom. The molecule has 0 unspecified atom stereocenters. The van der Waals surface area contributed by atoms with Gasteiger partial charge in [0.05, 0.1) is 4.90 Å². The summed E-state index contributed by atoms with van der Waals surface area (Å²) in [6.07, 6.45) is 6.84. The van der Waals surface area contributed by atoms with Crippen LogP contribution in [0.3, 0.4) is 0 Å². The fourth-order valence-electron chi connectivity index (χ4n) is 2.20. The van der Waals surface area contributed by atoms with E-state index in [1.807, 2.05) is 10.8 Å². The molecule has 0 amide bonds. The molecule has 0 aromatic carbocycles. The van der Waals surface area contributed by atoms with Crippen molar-refractivity contribution in [2.24, 2.45) is 5.73 Å². The van der Waals surface area contributed by atoms with Crippen molar-refractivity contribution in [3.63, 3.8) is 0 Å². The average Bonchev–Trinajstić information content (AvgIpc) is 3.10. The molecule has 0 spiro atoms. The van der Waals surface area contributed by atoms with Crippen LogP contribution in [0.1, 0.15) is 31.9 Å². The molecule has 1 aliphatic carbocycles. The molecule has 0 bridgehead atoms. The Hall–Kier alpha value is -0.500. The third-order valence-corrected chi connectivity index (χ3v) is 6.56. The van der Waals surface area contributed by atoms with Crippen LogP contribution in [0.15, 0.2) is 17.2 Å². The molecule has 1 fully saturated rings. The topological polar surface area (TPSA) is 77.1 Å². The predicted molar refractivity (Wildman–Crippen MR) is 83.3 cm³/mol. The standard InChI is InChI=1S/C13H23N3O2S2/c1-3-6-16-9-12(7-11(16)8-14)20(17,18)15-10-13(19-2)4-5-13/h7,9,15H,3-6,8,10,14H2,1-2H3. The molecule has 2 rings (SSSR count). The zero-order chi connectivity index (χ0) is 14.8. The molecule has 3 N–H and O–H groups in total. The van der Waals surface area contributed by atoms with E-state index in [0.717, 1.165) is 31.5 Å². The van der Waals surface area contributed by atoms with Gasteiger partial charge in [-0.3, -0.25) is 0 Å². The highest BCUT2D eigenvalue weighted by atomic mass is 32.2. The smallest absolute Gasteiger partial charge is 0.242 e. The van der Waals surface area contributed by atoms with Crippen molar-refractivity contribution in [3.8, 4) is 0 Å². The van der Waals surface area contributed by atoms with E-state index in [1.165, 1.54) is 0 Å². The van der Waals surface area contributed by atoms with Gasteiger partial charge in [0.2, 0.25) is 10.0 Å². The molecular formula is C13H23N3O2S2. The number of nitrogens with zero attached hydrogens (tertiary/aromatic N) is 1. The van der Waals surface area contributed by atoms with Gasteiger partial charge in [-0.05, 0) is 31.6 Å². The zero-order valence-corrected chi connectivity index (χ0v) is 13.7. The normalized spacial score (nSPS) is 17.4. The Morgan fingerprint density at radius 2 is 2.20 bits per heavy atom. The minimum absolute atomic E-state index is 0.121. The summed E-state index contributed by atoms with van der Waals surface area (Å²) < 4.78 is 29.4. The zero-order valence-electron chi connectivity index (χ0n) is 12.1. The highest BCUT2D eigenvalue weighted by Gasteiger charge is 2.42. The number of rotatable bonds is 8. The third-order valence-electron chi connectivity index (χ3n) is 3.77. The van der Waals surface area contributed by atoms with Crippen LogP contribution in [0.2, 0.25) is 0 Å². The molecule has 1 aromatic rings. The molecule has 114 valence electrons. The van der Waals surface area contributed by atoms with E-state index in [2.05, 4.69) is 11.6 Å². The molecule has 0 aliphatic heterocycles. The second kappa shape index (κ2) is 6.09. The predicted octanol–water partition coefficient (Wildman–Crippen LogP) is 1.53. The van der Waals surface area contributed by atoms with Gasteiger partial charge in [-0.1, -0.05) is 6.92 Å². The first-order valence-corrected chi connectivity index (χ1v) is 9.61. The lowest BCUT2D eigenvalue weighted by Crippen LogP contribution is -2.31. The Balaban J connectivity index is 2.12. The molecular weight excluding hydrogens is 294 g/mol. The van der Waals surface area contributed by atoms with E-state index in [0.29, 0.717) is 18.0 Å². The maximum absolute atomic E-state index is 12.3. The summed E-state index contributed by atoms with van der Waals surface area (Å²) in [5, 5.41) is 0. The minimum atomic E-state index is -3.43. The first-order valence-electron chi connectivity index (χ1n) is 6.90. The number of aromatic nitrogens is 1. The SMILES string of the molecule is CCCn1cc(S(=O)(=O)NCC2(SC)CC2)cc1CN. The third kappa shape index (κ3) is 3.39. The van der Waals surface area contributed by atoms with E-state index >= 15 is 0 Å². The molecule has 1 aliphatic rings. The van der Waals surface area contributed by atoms with E-state index in [4.69, 9.17) is 5.73 Å². The number of hydrogen-bond acceptors (Lipinski definition) is 4. The molecule has 0 saturated heterocycles. The Labute approximate surface area is 125 Å². The van der Waals surface area contributed by atoms with Gasteiger partial charge in [0.15, 0.2) is 0 Å². The van der Waals surface area contributed by atoms with Gasteiger partial charge in [-0.2, -0.15) is 11.8 Å². The fraction of sp³-hybridized carbons (Fsp3) is 0.692. The van der Waals surface area contributed by atoms with Crippen molar-refractivity contribution < 1.29 is 8.42 Å². The van der Waals surface area contributed by atoms with Crippen LogP contribution < -0.4 is 10.5 Å². The lowest BCUT2D eigenvalue weighted by atomic mass is 10.4. The number of nitrogens with two attached hydrogens (primary N) is 1. The second-order valence-electron chi connectivity index (χ2n) is 5.28. The van der Waals surface area contributed by atoms with Gasteiger partial charge in [0.25, 0.3) is 0 Å². The fourth-order valence-corrected chi connectivity index (χ4v) is 4.20. The van der Waals surface area contributed by atoms with Crippen LogP contribution in [0.5, 0.6) is 0 Å². The molecule has 1 saturated carbocycles. The van der Waals surface area contributed by atoms with Crippen LogP contribution in [0.25, 0.3) is 0 Å². The van der Waals surface area contributed by atoms with Gasteiger partial charge in [-0.15, -0.1) is 0 Å². The van der Waals surface area contributed by atoms with Gasteiger partial charge in [0, 0.05) is 36.3 Å². The summed E-state index contributed by atoms with van der Waals surface area (Å²) >= 11 is 1.74. The van der Waals surface area contributed by atoms with Gasteiger partial charge in [-0.25, -0.2) is 13.1 Å². The molecule has 0 atom stereocenters. The number of thioether (sulfide) groups is 1. The molecule has 1 aromatic heterocycles. The number of sulfonamides is 1. The van der Waals surface area contributed by atoms with E-state index in [1.54, 1.807) is 24.0 Å². The molecule has 20 heavy (non-hydrogen) atoms. The number of hydrogen-bond donors (Lipinski definition) is 2. The number of aryl methyl sites for hydroxylation is 1. The van der Waals surface area contributed by atoms with Crippen molar-refractivity contribution in [1.29, 1.82) is 0 Å². The Bertz CT molecular complexity index is 562. The molecule has 1 heterocycles. The summed E-state index contributed by atoms with van der Waals surface area (Å²) in [4.78, 5) is 0.323. The largest absolute Gasteiger partial charge is 0.349 e. The second-order valence-corrected chi connectivity index (χ2v) is 8.32. The monoisotopic (exact) mass is 317 g/mol. The van der Waals surface area contributed by atoms with Gasteiger partial charge in [0.1, 0.15) is 0 Å². The highest BCUT2D eigenvalue weighted by molar-refractivity contribution is 8.00. The lowest BCUT2D eigenvalue weighted by molar-refractivity contribution is 0.579. The van der Waals surface area contributed by atoms with Crippen molar-refractivity contribution in [2.45, 2.75) is 48.9 Å². The Morgan fingerprint density at radius 1 is 1.50 bits per heavy atom. The first-order chi connectivity index (χ1) is 9.46. The Kier molecular flexibility index (Phi) is 4.84. The van der Waals surface area contributed by atoms with Crippen LogP contribution in [-0.2, 0) is 23.1 Å². The quantitative estimate of drug-likeness (QED) is 0.762. The molecule has 5 nitrogen and oxygen atoms in total. The maximum Gasteiger partial charge on any atom is 0.242 e. The highest BCUT2D eigenvalue weighted by Crippen LogP contribution is 2.46. The van der Waals surface area contributed by atoms with Crippen molar-refractivity contribution >= 4 is 21.8 Å². The van der Waals surface area contributed by atoms with E-state index in [9.17, 15) is 8.42 Å². The minimum Gasteiger partial charge on any atom is -0.349 e. The summed E-state index contributed by atoms with van der Waals surface area (Å²) in [5.74, 6) is 0. The summed E-state index contributed by atoms with van der Waals surface area (Å²) in [6, 6.07) is 1.68. The van der Waals surface area contributed by atoms with Crippen LogP contribution in [0, 0.1) is 0 Å². The van der Waals surface area contributed by atoms with E-state index < -0.39 is 10.0 Å². The van der Waals surface area contributed by atoms with Gasteiger partial charge >= 0.3 is 0 Å². The lowest BCUT2D eigenvalue weighted by Gasteiger charge is -2.12.